The van der Waals surface area contributed by atoms with Crippen LogP contribution in [0.3, 0.4) is 0 Å². The summed E-state index contributed by atoms with van der Waals surface area (Å²) in [4.78, 5) is 16.4. The SMILES string of the molecule is O=C(Nc1ccccc1O)c1cncn1-c1ccccc1. The molecule has 21 heavy (non-hydrogen) atoms. The molecule has 3 aromatic rings. The molecule has 0 aliphatic carbocycles. The summed E-state index contributed by atoms with van der Waals surface area (Å²) in [5.74, 6) is -0.311. The van der Waals surface area contributed by atoms with E-state index < -0.39 is 0 Å². The van der Waals surface area contributed by atoms with Gasteiger partial charge in [-0.25, -0.2) is 4.98 Å². The van der Waals surface area contributed by atoms with E-state index in [1.54, 1.807) is 29.1 Å². The van der Waals surface area contributed by atoms with Crippen molar-refractivity contribution in [2.24, 2.45) is 0 Å². The number of rotatable bonds is 3. The molecule has 1 heterocycles. The van der Waals surface area contributed by atoms with Gasteiger partial charge in [0.25, 0.3) is 5.91 Å². The molecule has 0 unspecified atom stereocenters. The first-order chi connectivity index (χ1) is 10.3. The highest BCUT2D eigenvalue weighted by Crippen LogP contribution is 2.22. The smallest absolute Gasteiger partial charge is 0.274 e. The largest absolute Gasteiger partial charge is 0.506 e. The summed E-state index contributed by atoms with van der Waals surface area (Å²) in [6.07, 6.45) is 3.07. The average molecular weight is 279 g/mol. The quantitative estimate of drug-likeness (QED) is 0.724. The third-order valence-corrected chi connectivity index (χ3v) is 3.06. The fourth-order valence-corrected chi connectivity index (χ4v) is 2.02. The van der Waals surface area contributed by atoms with Crippen molar-refractivity contribution in [3.8, 4) is 11.4 Å². The predicted octanol–water partition coefficient (Wildman–Crippen LogP) is 2.83. The van der Waals surface area contributed by atoms with E-state index in [9.17, 15) is 9.90 Å². The molecule has 0 saturated heterocycles. The molecule has 5 heteroatoms. The lowest BCUT2D eigenvalue weighted by atomic mass is 10.2. The Morgan fingerprint density at radius 1 is 1.05 bits per heavy atom. The average Bonchev–Trinajstić information content (AvgIpc) is 3.00. The minimum Gasteiger partial charge on any atom is -0.506 e. The van der Waals surface area contributed by atoms with Crippen molar-refractivity contribution in [3.05, 3.63) is 72.8 Å². The number of amides is 1. The van der Waals surface area contributed by atoms with Gasteiger partial charge < -0.3 is 10.4 Å². The molecule has 3 rings (SSSR count). The number of aromatic hydroxyl groups is 1. The van der Waals surface area contributed by atoms with Crippen LogP contribution in [0.5, 0.6) is 5.75 Å². The van der Waals surface area contributed by atoms with Gasteiger partial charge in [0, 0.05) is 5.69 Å². The van der Waals surface area contributed by atoms with Crippen LogP contribution in [-0.2, 0) is 0 Å². The van der Waals surface area contributed by atoms with Gasteiger partial charge in [0.15, 0.2) is 0 Å². The van der Waals surface area contributed by atoms with Crippen LogP contribution in [0, 0.1) is 0 Å². The number of para-hydroxylation sites is 3. The van der Waals surface area contributed by atoms with Crippen molar-refractivity contribution < 1.29 is 9.90 Å². The van der Waals surface area contributed by atoms with Crippen LogP contribution in [-0.4, -0.2) is 20.6 Å². The molecule has 5 nitrogen and oxygen atoms in total. The summed E-state index contributed by atoms with van der Waals surface area (Å²) in [6.45, 7) is 0. The molecule has 1 aromatic heterocycles. The number of hydrogen-bond acceptors (Lipinski definition) is 3. The number of aromatic nitrogens is 2. The summed E-state index contributed by atoms with van der Waals surface area (Å²) in [5, 5.41) is 12.4. The van der Waals surface area contributed by atoms with Crippen LogP contribution >= 0.6 is 0 Å². The standard InChI is InChI=1S/C16H13N3O2/c20-15-9-5-4-8-13(15)18-16(21)14-10-17-11-19(14)12-6-2-1-3-7-12/h1-11,20H,(H,18,21). The van der Waals surface area contributed by atoms with Crippen LogP contribution in [0.15, 0.2) is 67.1 Å². The molecule has 0 aliphatic rings. The Balaban J connectivity index is 1.90. The van der Waals surface area contributed by atoms with E-state index in [-0.39, 0.29) is 11.7 Å². The summed E-state index contributed by atoms with van der Waals surface area (Å²) >= 11 is 0. The normalized spacial score (nSPS) is 10.3. The molecule has 0 bridgehead atoms. The molecular formula is C16H13N3O2. The number of anilines is 1. The molecule has 0 saturated carbocycles. The second-order valence-electron chi connectivity index (χ2n) is 4.46. The van der Waals surface area contributed by atoms with Crippen molar-refractivity contribution in [1.82, 2.24) is 9.55 Å². The van der Waals surface area contributed by atoms with Crippen LogP contribution in [0.25, 0.3) is 5.69 Å². The van der Waals surface area contributed by atoms with Crippen molar-refractivity contribution in [3.63, 3.8) is 0 Å². The Hall–Kier alpha value is -3.08. The summed E-state index contributed by atoms with van der Waals surface area (Å²) in [5.41, 5.74) is 1.60. The molecule has 0 spiro atoms. The summed E-state index contributed by atoms with van der Waals surface area (Å²) in [6, 6.07) is 16.0. The summed E-state index contributed by atoms with van der Waals surface area (Å²) in [7, 11) is 0. The number of phenols is 1. The minimum absolute atomic E-state index is 0.0247. The molecule has 0 fully saturated rings. The Kier molecular flexibility index (Phi) is 3.39. The monoisotopic (exact) mass is 279 g/mol. The minimum atomic E-state index is -0.335. The van der Waals surface area contributed by atoms with Gasteiger partial charge in [-0.1, -0.05) is 30.3 Å². The van der Waals surface area contributed by atoms with E-state index >= 15 is 0 Å². The van der Waals surface area contributed by atoms with Gasteiger partial charge in [-0.2, -0.15) is 0 Å². The van der Waals surface area contributed by atoms with Gasteiger partial charge in [0.05, 0.1) is 18.2 Å². The molecule has 0 radical (unpaired) electrons. The highest BCUT2D eigenvalue weighted by molar-refractivity contribution is 6.04. The van der Waals surface area contributed by atoms with Crippen LogP contribution in [0.1, 0.15) is 10.5 Å². The first-order valence-electron chi connectivity index (χ1n) is 6.43. The van der Waals surface area contributed by atoms with Crippen molar-refractivity contribution >= 4 is 11.6 Å². The lowest BCUT2D eigenvalue weighted by Gasteiger charge is -2.09. The lowest BCUT2D eigenvalue weighted by Crippen LogP contribution is -2.16. The molecule has 2 aromatic carbocycles. The van der Waals surface area contributed by atoms with Gasteiger partial charge in [-0.15, -0.1) is 0 Å². The fourth-order valence-electron chi connectivity index (χ4n) is 2.02. The second-order valence-corrected chi connectivity index (χ2v) is 4.46. The number of phenolic OH excluding ortho intramolecular Hbond substituents is 1. The molecule has 2 N–H and O–H groups in total. The summed E-state index contributed by atoms with van der Waals surface area (Å²) < 4.78 is 1.69. The first-order valence-corrected chi connectivity index (χ1v) is 6.43. The zero-order valence-corrected chi connectivity index (χ0v) is 11.1. The molecular weight excluding hydrogens is 266 g/mol. The molecule has 1 amide bonds. The van der Waals surface area contributed by atoms with Crippen LogP contribution in [0.2, 0.25) is 0 Å². The van der Waals surface area contributed by atoms with Crippen LogP contribution < -0.4 is 5.32 Å². The van der Waals surface area contributed by atoms with Gasteiger partial charge in [-0.05, 0) is 24.3 Å². The number of hydrogen-bond donors (Lipinski definition) is 2. The Morgan fingerprint density at radius 3 is 2.52 bits per heavy atom. The van der Waals surface area contributed by atoms with E-state index in [1.807, 2.05) is 30.3 Å². The number of nitrogens with zero attached hydrogens (tertiary/aromatic N) is 2. The number of imidazole rings is 1. The number of benzene rings is 2. The third-order valence-electron chi connectivity index (χ3n) is 3.06. The number of nitrogens with one attached hydrogen (secondary N) is 1. The van der Waals surface area contributed by atoms with E-state index in [2.05, 4.69) is 10.3 Å². The zero-order chi connectivity index (χ0) is 14.7. The number of carbonyl (C=O) groups is 1. The molecule has 0 atom stereocenters. The maximum Gasteiger partial charge on any atom is 0.274 e. The maximum atomic E-state index is 12.3. The Morgan fingerprint density at radius 2 is 1.76 bits per heavy atom. The van der Waals surface area contributed by atoms with Crippen molar-refractivity contribution in [2.45, 2.75) is 0 Å². The van der Waals surface area contributed by atoms with Gasteiger partial charge in [0.2, 0.25) is 0 Å². The van der Waals surface area contributed by atoms with E-state index in [1.165, 1.54) is 12.3 Å². The van der Waals surface area contributed by atoms with Gasteiger partial charge in [0.1, 0.15) is 11.4 Å². The topological polar surface area (TPSA) is 67.2 Å². The fraction of sp³-hybridized carbons (Fsp3) is 0. The van der Waals surface area contributed by atoms with Gasteiger partial charge in [-0.3, -0.25) is 9.36 Å². The Bertz CT molecular complexity index is 766. The van der Waals surface area contributed by atoms with Crippen LogP contribution in [0.4, 0.5) is 5.69 Å². The maximum absolute atomic E-state index is 12.3. The van der Waals surface area contributed by atoms with E-state index in [0.29, 0.717) is 11.4 Å². The van der Waals surface area contributed by atoms with Crippen molar-refractivity contribution in [2.75, 3.05) is 5.32 Å². The third kappa shape index (κ3) is 2.62. The highest BCUT2D eigenvalue weighted by atomic mass is 16.3. The predicted molar refractivity (Wildman–Crippen MR) is 79.6 cm³/mol. The van der Waals surface area contributed by atoms with E-state index in [0.717, 1.165) is 5.69 Å². The highest BCUT2D eigenvalue weighted by Gasteiger charge is 2.14. The van der Waals surface area contributed by atoms with E-state index in [4.69, 9.17) is 0 Å². The molecule has 0 aliphatic heterocycles. The second kappa shape index (κ2) is 5.50. The lowest BCUT2D eigenvalue weighted by molar-refractivity contribution is 0.102. The zero-order valence-electron chi connectivity index (χ0n) is 11.1. The van der Waals surface area contributed by atoms with Crippen molar-refractivity contribution in [1.29, 1.82) is 0 Å². The number of carbonyl (C=O) groups excluding carboxylic acids is 1. The Labute approximate surface area is 121 Å². The van der Waals surface area contributed by atoms with Gasteiger partial charge >= 0.3 is 0 Å². The first kappa shape index (κ1) is 12.9. The molecule has 104 valence electrons.